The fourth-order valence-corrected chi connectivity index (χ4v) is 2.78. The van der Waals surface area contributed by atoms with Crippen LogP contribution in [-0.2, 0) is 4.74 Å². The first-order chi connectivity index (χ1) is 7.98. The zero-order chi connectivity index (χ0) is 12.9. The van der Waals surface area contributed by atoms with E-state index in [0.29, 0.717) is 12.1 Å². The van der Waals surface area contributed by atoms with Crippen LogP contribution in [0, 0.1) is 0 Å². The van der Waals surface area contributed by atoms with Crippen LogP contribution in [0.25, 0.3) is 0 Å². The summed E-state index contributed by atoms with van der Waals surface area (Å²) in [4.78, 5) is 4.38. The molecule has 0 aliphatic rings. The van der Waals surface area contributed by atoms with E-state index in [0.717, 1.165) is 12.8 Å². The molecule has 2 unspecified atom stereocenters. The molecule has 0 spiro atoms. The SMILES string of the molecule is CCC(NC(C)CC(C)(C)OC)c1nccs1. The number of hydrogen-bond acceptors (Lipinski definition) is 4. The second-order valence-electron chi connectivity index (χ2n) is 5.07. The molecule has 1 rings (SSSR count). The lowest BCUT2D eigenvalue weighted by Crippen LogP contribution is -2.37. The number of ether oxygens (including phenoxy) is 1. The highest BCUT2D eigenvalue weighted by Gasteiger charge is 2.22. The normalized spacial score (nSPS) is 15.8. The minimum Gasteiger partial charge on any atom is -0.379 e. The molecule has 98 valence electrons. The minimum absolute atomic E-state index is 0.0758. The number of rotatable bonds is 7. The molecule has 0 radical (unpaired) electrons. The van der Waals surface area contributed by atoms with Crippen LogP contribution in [0.15, 0.2) is 11.6 Å². The second-order valence-corrected chi connectivity index (χ2v) is 5.99. The van der Waals surface area contributed by atoms with Crippen LogP contribution in [0.5, 0.6) is 0 Å². The van der Waals surface area contributed by atoms with Crippen molar-refractivity contribution in [3.8, 4) is 0 Å². The lowest BCUT2D eigenvalue weighted by molar-refractivity contribution is 0.00760. The van der Waals surface area contributed by atoms with Gasteiger partial charge in [0.05, 0.1) is 11.6 Å². The topological polar surface area (TPSA) is 34.1 Å². The van der Waals surface area contributed by atoms with Crippen molar-refractivity contribution in [3.05, 3.63) is 16.6 Å². The average Bonchev–Trinajstić information content (AvgIpc) is 2.78. The van der Waals surface area contributed by atoms with Crippen LogP contribution in [0.4, 0.5) is 0 Å². The van der Waals surface area contributed by atoms with Gasteiger partial charge < -0.3 is 10.1 Å². The molecule has 4 heteroatoms. The third-order valence-corrected chi connectivity index (χ3v) is 3.88. The fourth-order valence-electron chi connectivity index (χ4n) is 1.99. The second kappa shape index (κ2) is 6.47. The van der Waals surface area contributed by atoms with E-state index in [-0.39, 0.29) is 5.60 Å². The summed E-state index contributed by atoms with van der Waals surface area (Å²) in [6, 6.07) is 0.774. The van der Waals surface area contributed by atoms with Crippen molar-refractivity contribution in [1.82, 2.24) is 10.3 Å². The van der Waals surface area contributed by atoms with Gasteiger partial charge in [-0.05, 0) is 33.6 Å². The van der Waals surface area contributed by atoms with Crippen LogP contribution in [0.2, 0.25) is 0 Å². The Morgan fingerprint density at radius 2 is 2.24 bits per heavy atom. The maximum absolute atomic E-state index is 5.46. The van der Waals surface area contributed by atoms with Gasteiger partial charge in [0.1, 0.15) is 5.01 Å². The van der Waals surface area contributed by atoms with Gasteiger partial charge in [-0.3, -0.25) is 0 Å². The van der Waals surface area contributed by atoms with Crippen molar-refractivity contribution in [2.45, 2.75) is 58.2 Å². The van der Waals surface area contributed by atoms with Crippen LogP contribution in [0.1, 0.15) is 51.6 Å². The van der Waals surface area contributed by atoms with Gasteiger partial charge in [0, 0.05) is 24.7 Å². The molecule has 0 fully saturated rings. The van der Waals surface area contributed by atoms with Crippen molar-refractivity contribution in [2.75, 3.05) is 7.11 Å². The minimum atomic E-state index is -0.0758. The smallest absolute Gasteiger partial charge is 0.109 e. The van der Waals surface area contributed by atoms with Gasteiger partial charge in [-0.15, -0.1) is 11.3 Å². The predicted octanol–water partition coefficient (Wildman–Crippen LogP) is 3.39. The Bertz CT molecular complexity index is 311. The molecule has 17 heavy (non-hydrogen) atoms. The lowest BCUT2D eigenvalue weighted by Gasteiger charge is -2.29. The molecule has 1 aromatic rings. The van der Waals surface area contributed by atoms with Crippen molar-refractivity contribution < 1.29 is 4.74 Å². The van der Waals surface area contributed by atoms with Crippen LogP contribution in [0.3, 0.4) is 0 Å². The first kappa shape index (κ1) is 14.6. The predicted molar refractivity (Wildman–Crippen MR) is 73.4 cm³/mol. The van der Waals surface area contributed by atoms with Gasteiger partial charge in [-0.1, -0.05) is 6.92 Å². The quantitative estimate of drug-likeness (QED) is 0.812. The summed E-state index contributed by atoms with van der Waals surface area (Å²) in [7, 11) is 1.77. The molecule has 0 aliphatic heterocycles. The van der Waals surface area contributed by atoms with Crippen molar-refractivity contribution in [3.63, 3.8) is 0 Å². The first-order valence-corrected chi connectivity index (χ1v) is 7.07. The molecule has 0 bridgehead atoms. The van der Waals surface area contributed by atoms with Crippen LogP contribution < -0.4 is 5.32 Å². The average molecular weight is 256 g/mol. The van der Waals surface area contributed by atoms with E-state index < -0.39 is 0 Å². The number of methoxy groups -OCH3 is 1. The van der Waals surface area contributed by atoms with Gasteiger partial charge in [0.25, 0.3) is 0 Å². The van der Waals surface area contributed by atoms with Crippen LogP contribution >= 0.6 is 11.3 Å². The molecule has 1 N–H and O–H groups in total. The Labute approximate surface area is 109 Å². The maximum atomic E-state index is 5.46. The molecule has 1 heterocycles. The Hall–Kier alpha value is -0.450. The summed E-state index contributed by atoms with van der Waals surface area (Å²) in [5.74, 6) is 0. The molecule has 3 nitrogen and oxygen atoms in total. The van der Waals surface area contributed by atoms with Gasteiger partial charge in [0.2, 0.25) is 0 Å². The van der Waals surface area contributed by atoms with Gasteiger partial charge in [0.15, 0.2) is 0 Å². The van der Waals surface area contributed by atoms with E-state index in [1.165, 1.54) is 5.01 Å². The Balaban J connectivity index is 2.52. The number of thiazole rings is 1. The van der Waals surface area contributed by atoms with Crippen molar-refractivity contribution in [2.24, 2.45) is 0 Å². The van der Waals surface area contributed by atoms with E-state index in [1.54, 1.807) is 18.4 Å². The van der Waals surface area contributed by atoms with Gasteiger partial charge in [-0.2, -0.15) is 0 Å². The molecular weight excluding hydrogens is 232 g/mol. The highest BCUT2D eigenvalue weighted by Crippen LogP contribution is 2.22. The molecule has 0 aliphatic carbocycles. The standard InChI is InChI=1S/C13H24N2OS/c1-6-11(12-14-7-8-17-12)15-10(2)9-13(3,4)16-5/h7-8,10-11,15H,6,9H2,1-5H3. The zero-order valence-electron chi connectivity index (χ0n) is 11.5. The summed E-state index contributed by atoms with van der Waals surface area (Å²) >= 11 is 1.72. The van der Waals surface area contributed by atoms with E-state index in [4.69, 9.17) is 4.74 Å². The van der Waals surface area contributed by atoms with Crippen molar-refractivity contribution >= 4 is 11.3 Å². The first-order valence-electron chi connectivity index (χ1n) is 6.19. The molecular formula is C13H24N2OS. The zero-order valence-corrected chi connectivity index (χ0v) is 12.3. The van der Waals surface area contributed by atoms with E-state index >= 15 is 0 Å². The summed E-state index contributed by atoms with van der Waals surface area (Å²) in [5, 5.41) is 6.83. The van der Waals surface area contributed by atoms with E-state index in [2.05, 4.69) is 38.0 Å². The summed E-state index contributed by atoms with van der Waals surface area (Å²) in [6.45, 7) is 8.63. The Morgan fingerprint density at radius 3 is 2.71 bits per heavy atom. The molecule has 2 atom stereocenters. The number of nitrogens with one attached hydrogen (secondary N) is 1. The number of nitrogens with zero attached hydrogens (tertiary/aromatic N) is 1. The van der Waals surface area contributed by atoms with Crippen molar-refractivity contribution in [1.29, 1.82) is 0 Å². The summed E-state index contributed by atoms with van der Waals surface area (Å²) in [5.41, 5.74) is -0.0758. The van der Waals surface area contributed by atoms with Crippen LogP contribution in [-0.4, -0.2) is 23.7 Å². The third-order valence-electron chi connectivity index (χ3n) is 2.99. The lowest BCUT2D eigenvalue weighted by atomic mass is 9.99. The largest absolute Gasteiger partial charge is 0.379 e. The Kier molecular flexibility index (Phi) is 5.56. The van der Waals surface area contributed by atoms with E-state index in [1.807, 2.05) is 11.6 Å². The molecule has 0 amide bonds. The molecule has 0 saturated heterocycles. The fraction of sp³-hybridized carbons (Fsp3) is 0.769. The Morgan fingerprint density at radius 1 is 1.53 bits per heavy atom. The molecule has 0 saturated carbocycles. The highest BCUT2D eigenvalue weighted by molar-refractivity contribution is 7.09. The summed E-state index contributed by atoms with van der Waals surface area (Å²) < 4.78 is 5.46. The van der Waals surface area contributed by atoms with Gasteiger partial charge in [-0.25, -0.2) is 4.98 Å². The third kappa shape index (κ3) is 4.74. The molecule has 0 aromatic carbocycles. The maximum Gasteiger partial charge on any atom is 0.109 e. The number of hydrogen-bond donors (Lipinski definition) is 1. The summed E-state index contributed by atoms with van der Waals surface area (Å²) in [6.07, 6.45) is 3.92. The number of aromatic nitrogens is 1. The van der Waals surface area contributed by atoms with Gasteiger partial charge >= 0.3 is 0 Å². The molecule has 1 aromatic heterocycles. The van der Waals surface area contributed by atoms with E-state index in [9.17, 15) is 0 Å². The highest BCUT2D eigenvalue weighted by atomic mass is 32.1. The monoisotopic (exact) mass is 256 g/mol.